The molecule has 2 N–H and O–H groups in total. The number of aromatic nitrogens is 1. The Hall–Kier alpha value is -3.24. The molecule has 9 nitrogen and oxygen atoms in total. The average molecular weight is 471 g/mol. The lowest BCUT2D eigenvalue weighted by Gasteiger charge is -2.31. The van der Waals surface area contributed by atoms with E-state index in [0.29, 0.717) is 53.7 Å². The van der Waals surface area contributed by atoms with Crippen molar-refractivity contribution in [1.29, 1.82) is 0 Å². The highest BCUT2D eigenvalue weighted by atomic mass is 32.2. The Kier molecular flexibility index (Phi) is 6.75. The van der Waals surface area contributed by atoms with Crippen LogP contribution in [0.4, 0.5) is 0 Å². The molecule has 10 heteroatoms. The number of rotatable bonds is 6. The molecule has 1 unspecified atom stereocenters. The first-order chi connectivity index (χ1) is 15.9. The SMILES string of the molecule is CCCS(=O)(=O)N1CCCC(C(=O)NNC(=O)c2cc(-c3ccco3)nc3ccccc23)C1. The first kappa shape index (κ1) is 22.9. The maximum Gasteiger partial charge on any atom is 0.270 e. The molecule has 33 heavy (non-hydrogen) atoms. The van der Waals surface area contributed by atoms with Crippen molar-refractivity contribution in [3.8, 4) is 11.5 Å². The maximum atomic E-state index is 13.0. The number of piperidine rings is 1. The van der Waals surface area contributed by atoms with Crippen LogP contribution in [-0.4, -0.2) is 48.4 Å². The lowest BCUT2D eigenvalue weighted by molar-refractivity contribution is -0.126. The number of amides is 2. The van der Waals surface area contributed by atoms with Gasteiger partial charge in [0.15, 0.2) is 5.76 Å². The summed E-state index contributed by atoms with van der Waals surface area (Å²) in [6.45, 7) is 2.34. The molecule has 4 rings (SSSR count). The minimum absolute atomic E-state index is 0.0607. The number of hydrogen-bond donors (Lipinski definition) is 2. The highest BCUT2D eigenvalue weighted by Gasteiger charge is 2.32. The zero-order chi connectivity index (χ0) is 23.4. The van der Waals surface area contributed by atoms with E-state index < -0.39 is 27.8 Å². The van der Waals surface area contributed by atoms with Gasteiger partial charge in [-0.05, 0) is 43.5 Å². The van der Waals surface area contributed by atoms with E-state index >= 15 is 0 Å². The van der Waals surface area contributed by atoms with Crippen LogP contribution in [0.25, 0.3) is 22.4 Å². The zero-order valence-electron chi connectivity index (χ0n) is 18.3. The number of sulfonamides is 1. The molecular weight excluding hydrogens is 444 g/mol. The molecular formula is C23H26N4O5S. The predicted octanol–water partition coefficient (Wildman–Crippen LogP) is 2.71. The third kappa shape index (κ3) is 5.07. The molecule has 1 atom stereocenters. The Morgan fingerprint density at radius 1 is 1.18 bits per heavy atom. The molecule has 1 saturated heterocycles. The van der Waals surface area contributed by atoms with Crippen molar-refractivity contribution < 1.29 is 22.4 Å². The second kappa shape index (κ2) is 9.72. The van der Waals surface area contributed by atoms with Crippen molar-refractivity contribution in [1.82, 2.24) is 20.1 Å². The number of nitrogens with one attached hydrogen (secondary N) is 2. The number of hydrazine groups is 1. The molecule has 174 valence electrons. The highest BCUT2D eigenvalue weighted by molar-refractivity contribution is 7.89. The molecule has 0 spiro atoms. The topological polar surface area (TPSA) is 122 Å². The van der Waals surface area contributed by atoms with Crippen molar-refractivity contribution in [2.75, 3.05) is 18.8 Å². The van der Waals surface area contributed by atoms with Crippen LogP contribution in [0.5, 0.6) is 0 Å². The summed E-state index contributed by atoms with van der Waals surface area (Å²) in [7, 11) is -3.37. The molecule has 0 radical (unpaired) electrons. The van der Waals surface area contributed by atoms with Gasteiger partial charge in [-0.25, -0.2) is 17.7 Å². The Morgan fingerprint density at radius 2 is 2.00 bits per heavy atom. The smallest absolute Gasteiger partial charge is 0.270 e. The van der Waals surface area contributed by atoms with E-state index in [1.54, 1.807) is 43.3 Å². The molecule has 1 fully saturated rings. The number of carbonyl (C=O) groups excluding carboxylic acids is 2. The number of pyridine rings is 1. The Balaban J connectivity index is 1.48. The summed E-state index contributed by atoms with van der Waals surface area (Å²) in [5.74, 6) is -0.857. The second-order valence-electron chi connectivity index (χ2n) is 8.01. The molecule has 0 aliphatic carbocycles. The van der Waals surface area contributed by atoms with Gasteiger partial charge in [-0.2, -0.15) is 0 Å². The number of para-hydroxylation sites is 1. The van der Waals surface area contributed by atoms with Gasteiger partial charge in [0.2, 0.25) is 15.9 Å². The molecule has 1 aromatic carbocycles. The fourth-order valence-electron chi connectivity index (χ4n) is 4.00. The van der Waals surface area contributed by atoms with E-state index in [1.165, 1.54) is 10.6 Å². The number of carbonyl (C=O) groups is 2. The van der Waals surface area contributed by atoms with Gasteiger partial charge in [-0.1, -0.05) is 25.1 Å². The minimum Gasteiger partial charge on any atom is -0.463 e. The Morgan fingerprint density at radius 3 is 2.76 bits per heavy atom. The second-order valence-corrected chi connectivity index (χ2v) is 10.1. The largest absolute Gasteiger partial charge is 0.463 e. The lowest BCUT2D eigenvalue weighted by atomic mass is 9.99. The van der Waals surface area contributed by atoms with Gasteiger partial charge in [0.1, 0.15) is 5.69 Å². The molecule has 3 heterocycles. The van der Waals surface area contributed by atoms with E-state index in [4.69, 9.17) is 4.42 Å². The lowest BCUT2D eigenvalue weighted by Crippen LogP contribution is -2.50. The molecule has 3 aromatic rings. The van der Waals surface area contributed by atoms with Crippen LogP contribution in [0.2, 0.25) is 0 Å². The average Bonchev–Trinajstić information content (AvgIpc) is 3.37. The van der Waals surface area contributed by atoms with Crippen LogP contribution in [-0.2, 0) is 14.8 Å². The van der Waals surface area contributed by atoms with E-state index in [-0.39, 0.29) is 12.3 Å². The molecule has 0 saturated carbocycles. The van der Waals surface area contributed by atoms with Crippen LogP contribution in [0, 0.1) is 5.92 Å². The van der Waals surface area contributed by atoms with Crippen LogP contribution in [0.15, 0.2) is 53.1 Å². The van der Waals surface area contributed by atoms with Crippen molar-refractivity contribution in [2.24, 2.45) is 5.92 Å². The van der Waals surface area contributed by atoms with E-state index in [2.05, 4.69) is 15.8 Å². The molecule has 2 amide bonds. The van der Waals surface area contributed by atoms with Gasteiger partial charge >= 0.3 is 0 Å². The standard InChI is InChI=1S/C23H26N4O5S/c1-2-13-33(30,31)27-11-5-7-16(15-27)22(28)25-26-23(29)18-14-20(21-10-6-12-32-21)24-19-9-4-3-8-17(18)19/h3-4,6,8-10,12,14,16H,2,5,7,11,13,15H2,1H3,(H,25,28)(H,26,29). The molecule has 1 aliphatic rings. The summed E-state index contributed by atoms with van der Waals surface area (Å²) in [5.41, 5.74) is 6.40. The summed E-state index contributed by atoms with van der Waals surface area (Å²) < 4.78 is 31.5. The van der Waals surface area contributed by atoms with E-state index in [1.807, 2.05) is 6.07 Å². The zero-order valence-corrected chi connectivity index (χ0v) is 19.1. The predicted molar refractivity (Wildman–Crippen MR) is 123 cm³/mol. The molecule has 0 bridgehead atoms. The summed E-state index contributed by atoms with van der Waals surface area (Å²) in [5, 5.41) is 0.633. The first-order valence-corrected chi connectivity index (χ1v) is 12.5. The van der Waals surface area contributed by atoms with Gasteiger partial charge in [0, 0.05) is 18.5 Å². The summed E-state index contributed by atoms with van der Waals surface area (Å²) in [4.78, 5) is 30.2. The maximum absolute atomic E-state index is 13.0. The fourth-order valence-corrected chi connectivity index (χ4v) is 5.59. The third-order valence-corrected chi connectivity index (χ3v) is 7.69. The summed E-state index contributed by atoms with van der Waals surface area (Å²) in [6.07, 6.45) is 3.20. The van der Waals surface area contributed by atoms with Crippen LogP contribution >= 0.6 is 0 Å². The number of hydrogen-bond acceptors (Lipinski definition) is 6. The van der Waals surface area contributed by atoms with E-state index in [9.17, 15) is 18.0 Å². The van der Waals surface area contributed by atoms with Crippen molar-refractivity contribution in [2.45, 2.75) is 26.2 Å². The molecule has 1 aliphatic heterocycles. The van der Waals surface area contributed by atoms with Crippen molar-refractivity contribution in [3.05, 3.63) is 54.3 Å². The third-order valence-electron chi connectivity index (χ3n) is 5.64. The van der Waals surface area contributed by atoms with E-state index in [0.717, 1.165) is 0 Å². The van der Waals surface area contributed by atoms with Crippen molar-refractivity contribution >= 4 is 32.7 Å². The van der Waals surface area contributed by atoms with Crippen LogP contribution < -0.4 is 10.9 Å². The highest BCUT2D eigenvalue weighted by Crippen LogP contribution is 2.25. The number of nitrogens with zero attached hydrogens (tertiary/aromatic N) is 2. The van der Waals surface area contributed by atoms with Gasteiger partial charge in [0.25, 0.3) is 5.91 Å². The number of benzene rings is 1. The fraction of sp³-hybridized carbons (Fsp3) is 0.348. The van der Waals surface area contributed by atoms with Crippen LogP contribution in [0.3, 0.4) is 0 Å². The monoisotopic (exact) mass is 470 g/mol. The Labute approximate surface area is 192 Å². The number of fused-ring (bicyclic) bond motifs is 1. The minimum atomic E-state index is -3.37. The summed E-state index contributed by atoms with van der Waals surface area (Å²) in [6, 6.07) is 12.3. The van der Waals surface area contributed by atoms with Gasteiger partial charge in [0.05, 0.1) is 29.0 Å². The number of furan rings is 1. The molecule has 2 aromatic heterocycles. The van der Waals surface area contributed by atoms with Crippen molar-refractivity contribution in [3.63, 3.8) is 0 Å². The quantitative estimate of drug-likeness (QED) is 0.534. The van der Waals surface area contributed by atoms with Gasteiger partial charge in [-0.3, -0.25) is 20.4 Å². The van der Waals surface area contributed by atoms with Crippen LogP contribution in [0.1, 0.15) is 36.5 Å². The van der Waals surface area contributed by atoms with Gasteiger partial charge < -0.3 is 4.42 Å². The first-order valence-electron chi connectivity index (χ1n) is 10.9. The summed E-state index contributed by atoms with van der Waals surface area (Å²) >= 11 is 0. The normalized spacial score (nSPS) is 17.1. The Bertz CT molecular complexity index is 1260. The van der Waals surface area contributed by atoms with Gasteiger partial charge in [-0.15, -0.1) is 0 Å².